The first-order valence-electron chi connectivity index (χ1n) is 8.62. The van der Waals surface area contributed by atoms with Gasteiger partial charge in [-0.1, -0.05) is 30.3 Å². The average Bonchev–Trinajstić information content (AvgIpc) is 3.44. The zero-order chi connectivity index (χ0) is 17.8. The maximum atomic E-state index is 12.8. The van der Waals surface area contributed by atoms with Gasteiger partial charge in [-0.15, -0.1) is 0 Å². The van der Waals surface area contributed by atoms with Crippen molar-refractivity contribution in [1.29, 1.82) is 0 Å². The summed E-state index contributed by atoms with van der Waals surface area (Å²) in [5.74, 6) is 0.898. The third-order valence-corrected chi connectivity index (χ3v) is 5.17. The van der Waals surface area contributed by atoms with E-state index in [1.807, 2.05) is 42.5 Å². The van der Waals surface area contributed by atoms with Crippen molar-refractivity contribution < 1.29 is 14.8 Å². The number of methoxy groups -OCH3 is 1. The van der Waals surface area contributed by atoms with E-state index >= 15 is 0 Å². The molecule has 25 heavy (non-hydrogen) atoms. The van der Waals surface area contributed by atoms with E-state index < -0.39 is 0 Å². The molecule has 0 saturated heterocycles. The quantitative estimate of drug-likeness (QED) is 0.745. The van der Waals surface area contributed by atoms with E-state index in [0.717, 1.165) is 34.2 Å². The zero-order valence-corrected chi connectivity index (χ0v) is 16.1. The second-order valence-electron chi connectivity index (χ2n) is 6.55. The van der Waals surface area contributed by atoms with Crippen LogP contribution >= 0.6 is 15.9 Å². The van der Waals surface area contributed by atoms with Crippen molar-refractivity contribution in [3.63, 3.8) is 0 Å². The van der Waals surface area contributed by atoms with Gasteiger partial charge in [0.2, 0.25) is 0 Å². The van der Waals surface area contributed by atoms with E-state index in [1.165, 1.54) is 0 Å². The van der Waals surface area contributed by atoms with Gasteiger partial charge < -0.3 is 15.4 Å². The van der Waals surface area contributed by atoms with Crippen LogP contribution < -0.4 is 15.4 Å². The number of nitrogens with two attached hydrogens (primary N) is 1. The van der Waals surface area contributed by atoms with Crippen molar-refractivity contribution in [3.05, 3.63) is 64.1 Å². The van der Waals surface area contributed by atoms with Crippen molar-refractivity contribution in [2.24, 2.45) is 0 Å². The van der Waals surface area contributed by atoms with E-state index in [9.17, 15) is 4.79 Å². The lowest BCUT2D eigenvalue weighted by Crippen LogP contribution is -2.88. The standard InChI is InChI=1S/C20H23BrN2O2/c1-13(15-8-11-18(25-2)17(21)12-15)22-19(14-6-4-3-5-7-14)20(24)23-16-9-10-16/h3-8,11-13,16,19,22H,9-10H2,1-2H3,(H,23,24)/p+1/t13-,19-/m1/s1. The molecule has 3 N–H and O–H groups in total. The minimum atomic E-state index is -0.252. The summed E-state index contributed by atoms with van der Waals surface area (Å²) in [5, 5.41) is 5.27. The van der Waals surface area contributed by atoms with Crippen molar-refractivity contribution in [1.82, 2.24) is 5.32 Å². The fraction of sp³-hybridized carbons (Fsp3) is 0.350. The van der Waals surface area contributed by atoms with Gasteiger partial charge in [0.25, 0.3) is 5.91 Å². The Morgan fingerprint density at radius 3 is 2.52 bits per heavy atom. The number of benzene rings is 2. The molecule has 2 atom stereocenters. The Labute approximate surface area is 157 Å². The van der Waals surface area contributed by atoms with Crippen molar-refractivity contribution in [2.75, 3.05) is 7.11 Å². The zero-order valence-electron chi connectivity index (χ0n) is 14.5. The third-order valence-electron chi connectivity index (χ3n) is 4.55. The summed E-state index contributed by atoms with van der Waals surface area (Å²) < 4.78 is 6.22. The van der Waals surface area contributed by atoms with Gasteiger partial charge in [0, 0.05) is 17.2 Å². The molecule has 132 valence electrons. The first-order valence-corrected chi connectivity index (χ1v) is 9.41. The molecule has 5 heteroatoms. The second-order valence-corrected chi connectivity index (χ2v) is 7.40. The van der Waals surface area contributed by atoms with E-state index in [-0.39, 0.29) is 18.0 Å². The van der Waals surface area contributed by atoms with Crippen LogP contribution in [0.2, 0.25) is 0 Å². The number of ether oxygens (including phenoxy) is 1. The van der Waals surface area contributed by atoms with Gasteiger partial charge in [0.1, 0.15) is 11.8 Å². The monoisotopic (exact) mass is 403 g/mol. The highest BCUT2D eigenvalue weighted by molar-refractivity contribution is 9.10. The first kappa shape index (κ1) is 18.0. The lowest BCUT2D eigenvalue weighted by Gasteiger charge is -2.21. The fourth-order valence-corrected chi connectivity index (χ4v) is 3.45. The lowest BCUT2D eigenvalue weighted by molar-refractivity contribution is -0.719. The SMILES string of the molecule is COc1ccc([C@@H](C)[NH2+][C@@H](C(=O)NC2CC2)c2ccccc2)cc1Br. The summed E-state index contributed by atoms with van der Waals surface area (Å²) in [6.45, 7) is 2.12. The molecule has 0 aromatic heterocycles. The first-order chi connectivity index (χ1) is 12.1. The van der Waals surface area contributed by atoms with Gasteiger partial charge in [-0.3, -0.25) is 4.79 Å². The minimum Gasteiger partial charge on any atom is -0.496 e. The van der Waals surface area contributed by atoms with Gasteiger partial charge in [-0.05, 0) is 53.9 Å². The van der Waals surface area contributed by atoms with Crippen LogP contribution in [0.15, 0.2) is 53.0 Å². The fourth-order valence-electron chi connectivity index (χ4n) is 2.89. The van der Waals surface area contributed by atoms with Crippen LogP contribution in [0.1, 0.15) is 43.0 Å². The third kappa shape index (κ3) is 4.61. The molecule has 1 aliphatic rings. The molecular weight excluding hydrogens is 380 g/mol. The highest BCUT2D eigenvalue weighted by Crippen LogP contribution is 2.27. The van der Waals surface area contributed by atoms with Gasteiger partial charge in [-0.2, -0.15) is 0 Å². The summed E-state index contributed by atoms with van der Waals surface area (Å²) >= 11 is 3.54. The number of nitrogens with one attached hydrogen (secondary N) is 1. The van der Waals surface area contributed by atoms with Crippen LogP contribution in [0.5, 0.6) is 5.75 Å². The van der Waals surface area contributed by atoms with Gasteiger partial charge in [0.05, 0.1) is 11.6 Å². The minimum absolute atomic E-state index is 0.0909. The Morgan fingerprint density at radius 2 is 1.92 bits per heavy atom. The van der Waals surface area contributed by atoms with E-state index in [4.69, 9.17) is 4.74 Å². The highest BCUT2D eigenvalue weighted by atomic mass is 79.9. The molecule has 4 nitrogen and oxygen atoms in total. The number of quaternary nitrogens is 1. The normalized spacial score (nSPS) is 16.1. The number of amides is 1. The topological polar surface area (TPSA) is 54.9 Å². The van der Waals surface area contributed by atoms with Crippen LogP contribution in [0.4, 0.5) is 0 Å². The predicted molar refractivity (Wildman–Crippen MR) is 101 cm³/mol. The molecule has 2 aromatic rings. The molecule has 1 amide bonds. The van der Waals surface area contributed by atoms with Crippen molar-refractivity contribution in [2.45, 2.75) is 37.9 Å². The van der Waals surface area contributed by atoms with Crippen LogP contribution in [-0.2, 0) is 4.79 Å². The van der Waals surface area contributed by atoms with E-state index in [0.29, 0.717) is 6.04 Å². The average molecular weight is 404 g/mol. The Balaban J connectivity index is 1.78. The van der Waals surface area contributed by atoms with Gasteiger partial charge in [-0.25, -0.2) is 0 Å². The van der Waals surface area contributed by atoms with Crippen LogP contribution in [0.25, 0.3) is 0 Å². The molecule has 0 heterocycles. The smallest absolute Gasteiger partial charge is 0.283 e. The Kier molecular flexibility index (Phi) is 5.76. The molecule has 3 rings (SSSR count). The summed E-state index contributed by atoms with van der Waals surface area (Å²) in [6.07, 6.45) is 2.18. The van der Waals surface area contributed by atoms with E-state index in [1.54, 1.807) is 7.11 Å². The lowest BCUT2D eigenvalue weighted by atomic mass is 10.0. The van der Waals surface area contributed by atoms with E-state index in [2.05, 4.69) is 39.6 Å². The number of halogens is 1. The molecule has 1 aliphatic carbocycles. The second kappa shape index (κ2) is 8.02. The molecule has 0 bridgehead atoms. The molecule has 0 unspecified atom stereocenters. The van der Waals surface area contributed by atoms with Crippen LogP contribution in [0, 0.1) is 0 Å². The number of hydrogen-bond donors (Lipinski definition) is 2. The maximum Gasteiger partial charge on any atom is 0.283 e. The number of rotatable bonds is 7. The Morgan fingerprint density at radius 1 is 1.20 bits per heavy atom. The number of carbonyl (C=O) groups excluding carboxylic acids is 1. The molecule has 0 aliphatic heterocycles. The molecule has 0 spiro atoms. The molecular formula is C20H24BrN2O2+. The molecule has 1 saturated carbocycles. The summed E-state index contributed by atoms with van der Waals surface area (Å²) in [5.41, 5.74) is 2.17. The summed E-state index contributed by atoms with van der Waals surface area (Å²) in [4.78, 5) is 12.8. The highest BCUT2D eigenvalue weighted by Gasteiger charge is 2.31. The predicted octanol–water partition coefficient (Wildman–Crippen LogP) is 3.10. The number of carbonyl (C=O) groups is 1. The van der Waals surface area contributed by atoms with Crippen LogP contribution in [-0.4, -0.2) is 19.1 Å². The molecule has 0 radical (unpaired) electrons. The summed E-state index contributed by atoms with van der Waals surface area (Å²) in [6, 6.07) is 16.3. The van der Waals surface area contributed by atoms with Crippen molar-refractivity contribution in [3.8, 4) is 5.75 Å². The molecule has 1 fully saturated rings. The number of hydrogen-bond acceptors (Lipinski definition) is 2. The van der Waals surface area contributed by atoms with Gasteiger partial charge >= 0.3 is 0 Å². The largest absolute Gasteiger partial charge is 0.496 e. The maximum absolute atomic E-state index is 12.8. The van der Waals surface area contributed by atoms with Crippen molar-refractivity contribution >= 4 is 21.8 Å². The molecule has 2 aromatic carbocycles. The summed E-state index contributed by atoms with van der Waals surface area (Å²) in [7, 11) is 1.66. The van der Waals surface area contributed by atoms with Crippen LogP contribution in [0.3, 0.4) is 0 Å². The Bertz CT molecular complexity index is 732. The Hall–Kier alpha value is -1.85. The van der Waals surface area contributed by atoms with Gasteiger partial charge in [0.15, 0.2) is 6.04 Å².